The zero-order valence-corrected chi connectivity index (χ0v) is 10.4. The van der Waals surface area contributed by atoms with E-state index in [2.05, 4.69) is 34.6 Å². The van der Waals surface area contributed by atoms with Crippen LogP contribution in [0.25, 0.3) is 16.9 Å². The third kappa shape index (κ3) is 1.74. The molecular weight excluding hydrogens is 224 g/mol. The van der Waals surface area contributed by atoms with Gasteiger partial charge in [-0.25, -0.2) is 4.98 Å². The summed E-state index contributed by atoms with van der Waals surface area (Å²) in [7, 11) is 1.67. The van der Waals surface area contributed by atoms with Crippen LogP contribution >= 0.6 is 0 Å². The molecule has 0 aliphatic carbocycles. The molecule has 0 aliphatic heterocycles. The molecule has 0 radical (unpaired) electrons. The molecule has 0 fully saturated rings. The lowest BCUT2D eigenvalue weighted by Crippen LogP contribution is -1.90. The maximum Gasteiger partial charge on any atom is 0.144 e. The molecule has 0 atom stereocenters. The predicted octanol–water partition coefficient (Wildman–Crippen LogP) is 3.32. The standard InChI is InChI=1S/C15H14N2O/c1-11-3-6-13-9-16-15(17(13)10-11)12-4-7-14(18-2)8-5-12/h3-10H,1-2H3. The number of ether oxygens (including phenoxy) is 1. The molecule has 0 aliphatic rings. The average Bonchev–Trinajstić information content (AvgIpc) is 2.82. The van der Waals surface area contributed by atoms with Crippen molar-refractivity contribution < 1.29 is 4.74 Å². The fourth-order valence-corrected chi connectivity index (χ4v) is 2.05. The average molecular weight is 238 g/mol. The van der Waals surface area contributed by atoms with Crippen LogP contribution in [-0.2, 0) is 0 Å². The van der Waals surface area contributed by atoms with Crippen molar-refractivity contribution in [3.63, 3.8) is 0 Å². The highest BCUT2D eigenvalue weighted by atomic mass is 16.5. The highest BCUT2D eigenvalue weighted by Crippen LogP contribution is 2.22. The molecule has 0 spiro atoms. The van der Waals surface area contributed by atoms with Gasteiger partial charge in [-0.2, -0.15) is 0 Å². The van der Waals surface area contributed by atoms with Gasteiger partial charge in [-0.15, -0.1) is 0 Å². The molecule has 1 aromatic carbocycles. The van der Waals surface area contributed by atoms with Gasteiger partial charge in [-0.05, 0) is 42.8 Å². The first-order valence-electron chi connectivity index (χ1n) is 5.86. The normalized spacial score (nSPS) is 10.8. The van der Waals surface area contributed by atoms with E-state index in [4.69, 9.17) is 4.74 Å². The first kappa shape index (κ1) is 10.8. The van der Waals surface area contributed by atoms with Gasteiger partial charge in [0.15, 0.2) is 0 Å². The number of benzene rings is 1. The number of methoxy groups -OCH3 is 1. The maximum atomic E-state index is 5.17. The summed E-state index contributed by atoms with van der Waals surface area (Å²) in [5.41, 5.74) is 3.41. The Bertz CT molecular complexity index is 683. The zero-order chi connectivity index (χ0) is 12.5. The van der Waals surface area contributed by atoms with Crippen LogP contribution in [0.4, 0.5) is 0 Å². The molecule has 2 heterocycles. The first-order valence-corrected chi connectivity index (χ1v) is 5.86. The zero-order valence-electron chi connectivity index (χ0n) is 10.4. The molecule has 0 bridgehead atoms. The number of rotatable bonds is 2. The highest BCUT2D eigenvalue weighted by Gasteiger charge is 2.06. The molecule has 3 nitrogen and oxygen atoms in total. The van der Waals surface area contributed by atoms with Crippen LogP contribution in [0.1, 0.15) is 5.56 Å². The van der Waals surface area contributed by atoms with E-state index in [-0.39, 0.29) is 0 Å². The van der Waals surface area contributed by atoms with Gasteiger partial charge >= 0.3 is 0 Å². The molecule has 3 heteroatoms. The highest BCUT2D eigenvalue weighted by molar-refractivity contribution is 5.63. The summed E-state index contributed by atoms with van der Waals surface area (Å²) in [5.74, 6) is 1.81. The Morgan fingerprint density at radius 3 is 2.56 bits per heavy atom. The number of nitrogens with zero attached hydrogens (tertiary/aromatic N) is 2. The topological polar surface area (TPSA) is 26.5 Å². The van der Waals surface area contributed by atoms with Gasteiger partial charge in [0.2, 0.25) is 0 Å². The smallest absolute Gasteiger partial charge is 0.144 e. The number of hydrogen-bond acceptors (Lipinski definition) is 2. The molecule has 3 aromatic rings. The Morgan fingerprint density at radius 1 is 1.06 bits per heavy atom. The molecule has 0 saturated carbocycles. The predicted molar refractivity (Wildman–Crippen MR) is 71.9 cm³/mol. The van der Waals surface area contributed by atoms with Gasteiger partial charge < -0.3 is 4.74 Å². The van der Waals surface area contributed by atoms with Crippen LogP contribution in [0.2, 0.25) is 0 Å². The van der Waals surface area contributed by atoms with Crippen LogP contribution in [-0.4, -0.2) is 16.5 Å². The van der Waals surface area contributed by atoms with Crippen molar-refractivity contribution in [1.29, 1.82) is 0 Å². The van der Waals surface area contributed by atoms with Crippen molar-refractivity contribution in [2.75, 3.05) is 7.11 Å². The Labute approximate surface area is 106 Å². The molecule has 0 amide bonds. The second-order valence-electron chi connectivity index (χ2n) is 4.31. The summed E-state index contributed by atoms with van der Waals surface area (Å²) in [6.45, 7) is 2.08. The van der Waals surface area contributed by atoms with E-state index in [0.29, 0.717) is 0 Å². The fourth-order valence-electron chi connectivity index (χ4n) is 2.05. The maximum absolute atomic E-state index is 5.17. The lowest BCUT2D eigenvalue weighted by atomic mass is 10.2. The van der Waals surface area contributed by atoms with Crippen LogP contribution in [0.15, 0.2) is 48.8 Å². The van der Waals surface area contributed by atoms with Crippen molar-refractivity contribution >= 4 is 5.52 Å². The molecule has 2 aromatic heterocycles. The number of hydrogen-bond donors (Lipinski definition) is 0. The summed E-state index contributed by atoms with van der Waals surface area (Å²) in [5, 5.41) is 0. The van der Waals surface area contributed by atoms with E-state index in [0.717, 1.165) is 22.7 Å². The van der Waals surface area contributed by atoms with Crippen molar-refractivity contribution in [2.24, 2.45) is 0 Å². The van der Waals surface area contributed by atoms with Gasteiger partial charge in [-0.1, -0.05) is 6.07 Å². The summed E-state index contributed by atoms with van der Waals surface area (Å²) < 4.78 is 7.27. The third-order valence-corrected chi connectivity index (χ3v) is 3.02. The first-order chi connectivity index (χ1) is 8.78. The van der Waals surface area contributed by atoms with Crippen LogP contribution in [0.5, 0.6) is 5.75 Å². The molecule has 18 heavy (non-hydrogen) atoms. The van der Waals surface area contributed by atoms with E-state index in [1.54, 1.807) is 7.11 Å². The molecule has 0 N–H and O–H groups in total. The van der Waals surface area contributed by atoms with Crippen LogP contribution < -0.4 is 4.74 Å². The SMILES string of the molecule is COc1ccc(-c2ncc3ccc(C)cn23)cc1. The third-order valence-electron chi connectivity index (χ3n) is 3.02. The lowest BCUT2D eigenvalue weighted by molar-refractivity contribution is 0.415. The Kier molecular flexibility index (Phi) is 2.52. The van der Waals surface area contributed by atoms with Crippen molar-refractivity contribution in [1.82, 2.24) is 9.38 Å². The van der Waals surface area contributed by atoms with E-state index in [9.17, 15) is 0 Å². The second-order valence-corrected chi connectivity index (χ2v) is 4.31. The minimum atomic E-state index is 0.857. The van der Waals surface area contributed by atoms with Gasteiger partial charge in [0.1, 0.15) is 11.6 Å². The minimum absolute atomic E-state index is 0.857. The van der Waals surface area contributed by atoms with Gasteiger partial charge in [-0.3, -0.25) is 4.40 Å². The number of aromatic nitrogens is 2. The monoisotopic (exact) mass is 238 g/mol. The molecule has 90 valence electrons. The Morgan fingerprint density at radius 2 is 1.83 bits per heavy atom. The van der Waals surface area contributed by atoms with Gasteiger partial charge in [0.05, 0.1) is 18.8 Å². The van der Waals surface area contributed by atoms with E-state index in [1.807, 2.05) is 30.5 Å². The Balaban J connectivity index is 2.15. The number of imidazole rings is 1. The number of fused-ring (bicyclic) bond motifs is 1. The molecule has 3 rings (SSSR count). The van der Waals surface area contributed by atoms with Crippen molar-refractivity contribution in [3.8, 4) is 17.1 Å². The van der Waals surface area contributed by atoms with E-state index in [1.165, 1.54) is 5.56 Å². The fraction of sp³-hybridized carbons (Fsp3) is 0.133. The van der Waals surface area contributed by atoms with E-state index < -0.39 is 0 Å². The lowest BCUT2D eigenvalue weighted by Gasteiger charge is -2.04. The van der Waals surface area contributed by atoms with Crippen molar-refractivity contribution in [3.05, 3.63) is 54.4 Å². The molecular formula is C15H14N2O. The summed E-state index contributed by atoms with van der Waals surface area (Å²) in [4.78, 5) is 4.48. The molecule has 0 unspecified atom stereocenters. The van der Waals surface area contributed by atoms with Gasteiger partial charge in [0, 0.05) is 11.8 Å². The van der Waals surface area contributed by atoms with Crippen molar-refractivity contribution in [2.45, 2.75) is 6.92 Å². The second kappa shape index (κ2) is 4.18. The minimum Gasteiger partial charge on any atom is -0.497 e. The summed E-state index contributed by atoms with van der Waals surface area (Å²) in [6.07, 6.45) is 3.99. The quantitative estimate of drug-likeness (QED) is 0.684. The number of aryl methyl sites for hydroxylation is 1. The summed E-state index contributed by atoms with van der Waals surface area (Å²) >= 11 is 0. The number of pyridine rings is 1. The Hall–Kier alpha value is -2.29. The van der Waals surface area contributed by atoms with Crippen LogP contribution in [0.3, 0.4) is 0 Å². The molecule has 0 saturated heterocycles. The van der Waals surface area contributed by atoms with Gasteiger partial charge in [0.25, 0.3) is 0 Å². The van der Waals surface area contributed by atoms with Crippen LogP contribution in [0, 0.1) is 6.92 Å². The summed E-state index contributed by atoms with van der Waals surface area (Å²) in [6, 6.07) is 12.1. The largest absolute Gasteiger partial charge is 0.497 e. The van der Waals surface area contributed by atoms with E-state index >= 15 is 0 Å².